The third-order valence-corrected chi connectivity index (χ3v) is 2.94. The van der Waals surface area contributed by atoms with Crippen LogP contribution in [0.2, 0.25) is 10.0 Å². The minimum absolute atomic E-state index is 0.222. The maximum atomic E-state index is 11.4. The quantitative estimate of drug-likeness (QED) is 0.875. The molecular formula is C12H16Cl2N2O2. The smallest absolute Gasteiger partial charge is 0.315 e. The number of halogens is 2. The molecule has 0 aromatic heterocycles. The fourth-order valence-electron chi connectivity index (χ4n) is 1.34. The second-order valence-corrected chi connectivity index (χ2v) is 4.50. The maximum absolute atomic E-state index is 11.4. The normalized spacial score (nSPS) is 10.0. The second kappa shape index (κ2) is 7.34. The van der Waals surface area contributed by atoms with E-state index in [1.54, 1.807) is 12.1 Å². The van der Waals surface area contributed by atoms with Gasteiger partial charge in [0.1, 0.15) is 5.75 Å². The van der Waals surface area contributed by atoms with E-state index >= 15 is 0 Å². The number of urea groups is 1. The van der Waals surface area contributed by atoms with Crippen molar-refractivity contribution in [3.05, 3.63) is 27.7 Å². The van der Waals surface area contributed by atoms with E-state index in [0.29, 0.717) is 28.9 Å². The minimum Gasteiger partial charge on any atom is -0.495 e. The Bertz CT molecular complexity index is 425. The van der Waals surface area contributed by atoms with Crippen LogP contribution in [0, 0.1) is 0 Å². The first-order chi connectivity index (χ1) is 8.58. The summed E-state index contributed by atoms with van der Waals surface area (Å²) in [5.41, 5.74) is 0.745. The van der Waals surface area contributed by atoms with Crippen LogP contribution in [-0.2, 0) is 6.54 Å². The second-order valence-electron chi connectivity index (χ2n) is 3.69. The molecule has 0 aliphatic heterocycles. The molecule has 0 bridgehead atoms. The van der Waals surface area contributed by atoms with Gasteiger partial charge in [0.15, 0.2) is 0 Å². The van der Waals surface area contributed by atoms with Crippen molar-refractivity contribution >= 4 is 29.2 Å². The third-order valence-electron chi connectivity index (χ3n) is 2.30. The van der Waals surface area contributed by atoms with Gasteiger partial charge in [0.2, 0.25) is 0 Å². The highest BCUT2D eigenvalue weighted by Gasteiger charge is 2.08. The van der Waals surface area contributed by atoms with Crippen LogP contribution in [0.5, 0.6) is 5.75 Å². The summed E-state index contributed by atoms with van der Waals surface area (Å²) in [5, 5.41) is 6.39. The number of ether oxygens (including phenoxy) is 1. The van der Waals surface area contributed by atoms with Crippen molar-refractivity contribution in [1.82, 2.24) is 10.6 Å². The van der Waals surface area contributed by atoms with Gasteiger partial charge in [-0.15, -0.1) is 0 Å². The topological polar surface area (TPSA) is 50.4 Å². The van der Waals surface area contributed by atoms with E-state index in [1.165, 1.54) is 7.11 Å². The van der Waals surface area contributed by atoms with Crippen LogP contribution in [0.15, 0.2) is 12.1 Å². The average molecular weight is 291 g/mol. The molecule has 0 heterocycles. The molecule has 100 valence electrons. The third kappa shape index (κ3) is 4.27. The van der Waals surface area contributed by atoms with Gasteiger partial charge in [-0.3, -0.25) is 0 Å². The molecular weight excluding hydrogens is 275 g/mol. The molecule has 0 aliphatic carbocycles. The molecule has 0 saturated heterocycles. The van der Waals surface area contributed by atoms with Crippen molar-refractivity contribution in [2.24, 2.45) is 0 Å². The Morgan fingerprint density at radius 2 is 2.00 bits per heavy atom. The summed E-state index contributed by atoms with van der Waals surface area (Å²) in [4.78, 5) is 11.4. The van der Waals surface area contributed by atoms with Gasteiger partial charge >= 0.3 is 6.03 Å². The molecule has 0 spiro atoms. The highest BCUT2D eigenvalue weighted by molar-refractivity contribution is 6.34. The number of carbonyl (C=O) groups is 1. The Morgan fingerprint density at radius 3 is 2.61 bits per heavy atom. The summed E-state index contributed by atoms with van der Waals surface area (Å²) in [6.45, 7) is 2.95. The first kappa shape index (κ1) is 14.9. The summed E-state index contributed by atoms with van der Waals surface area (Å²) in [6, 6.07) is 3.09. The lowest BCUT2D eigenvalue weighted by molar-refractivity contribution is 0.240. The van der Waals surface area contributed by atoms with Crippen LogP contribution in [0.25, 0.3) is 0 Å². The van der Waals surface area contributed by atoms with Crippen LogP contribution in [0.1, 0.15) is 18.9 Å². The zero-order valence-electron chi connectivity index (χ0n) is 10.3. The fourth-order valence-corrected chi connectivity index (χ4v) is 1.82. The Balaban J connectivity index is 2.62. The van der Waals surface area contributed by atoms with Gasteiger partial charge in [-0.25, -0.2) is 4.79 Å². The van der Waals surface area contributed by atoms with E-state index in [4.69, 9.17) is 27.9 Å². The molecule has 0 atom stereocenters. The number of carbonyl (C=O) groups excluding carboxylic acids is 1. The summed E-state index contributed by atoms with van der Waals surface area (Å²) in [6.07, 6.45) is 0.891. The molecule has 0 saturated carbocycles. The highest BCUT2D eigenvalue weighted by atomic mass is 35.5. The van der Waals surface area contributed by atoms with Crippen molar-refractivity contribution < 1.29 is 9.53 Å². The molecule has 1 aromatic rings. The summed E-state index contributed by atoms with van der Waals surface area (Å²) in [5.74, 6) is 0.515. The Labute approximate surface area is 117 Å². The number of hydrogen-bond acceptors (Lipinski definition) is 2. The number of rotatable bonds is 5. The zero-order valence-corrected chi connectivity index (χ0v) is 11.9. The lowest BCUT2D eigenvalue weighted by Crippen LogP contribution is -2.35. The molecule has 6 heteroatoms. The molecule has 18 heavy (non-hydrogen) atoms. The Hall–Kier alpha value is -1.13. The highest BCUT2D eigenvalue weighted by Crippen LogP contribution is 2.30. The Kier molecular flexibility index (Phi) is 6.09. The van der Waals surface area contributed by atoms with Gasteiger partial charge < -0.3 is 15.4 Å². The zero-order chi connectivity index (χ0) is 13.5. The van der Waals surface area contributed by atoms with Gasteiger partial charge in [0, 0.05) is 24.2 Å². The molecule has 2 amide bonds. The van der Waals surface area contributed by atoms with Gasteiger partial charge in [-0.05, 0) is 18.1 Å². The molecule has 1 rings (SSSR count). The summed E-state index contributed by atoms with van der Waals surface area (Å²) >= 11 is 12.0. The molecule has 0 fully saturated rings. The SMILES string of the molecule is CCCNC(=O)NCc1cc(Cl)c(OC)cc1Cl. The number of nitrogens with one attached hydrogen (secondary N) is 2. The summed E-state index contributed by atoms with van der Waals surface area (Å²) in [7, 11) is 1.52. The van der Waals surface area contributed by atoms with E-state index in [0.717, 1.165) is 12.0 Å². The minimum atomic E-state index is -0.222. The van der Waals surface area contributed by atoms with Crippen LogP contribution in [-0.4, -0.2) is 19.7 Å². The van der Waals surface area contributed by atoms with Crippen molar-refractivity contribution in [3.63, 3.8) is 0 Å². The standard InChI is InChI=1S/C12H16Cl2N2O2/c1-3-4-15-12(17)16-7-8-5-10(14)11(18-2)6-9(8)13/h5-6H,3-4,7H2,1-2H3,(H2,15,16,17). The number of hydrogen-bond donors (Lipinski definition) is 2. The average Bonchev–Trinajstić information content (AvgIpc) is 2.36. The van der Waals surface area contributed by atoms with Crippen molar-refractivity contribution in [3.8, 4) is 5.75 Å². The molecule has 4 nitrogen and oxygen atoms in total. The maximum Gasteiger partial charge on any atom is 0.315 e. The number of benzene rings is 1. The first-order valence-corrected chi connectivity index (χ1v) is 6.37. The van der Waals surface area contributed by atoms with Crippen molar-refractivity contribution in [2.75, 3.05) is 13.7 Å². The molecule has 1 aromatic carbocycles. The van der Waals surface area contributed by atoms with E-state index in [1.807, 2.05) is 6.92 Å². The lowest BCUT2D eigenvalue weighted by Gasteiger charge is -2.10. The van der Waals surface area contributed by atoms with Gasteiger partial charge in [-0.1, -0.05) is 30.1 Å². The lowest BCUT2D eigenvalue weighted by atomic mass is 10.2. The largest absolute Gasteiger partial charge is 0.495 e. The number of methoxy groups -OCH3 is 1. The summed E-state index contributed by atoms with van der Waals surface area (Å²) < 4.78 is 5.04. The van der Waals surface area contributed by atoms with Crippen LogP contribution >= 0.6 is 23.2 Å². The molecule has 0 unspecified atom stereocenters. The fraction of sp³-hybridized carbons (Fsp3) is 0.417. The van der Waals surface area contributed by atoms with Gasteiger partial charge in [0.05, 0.1) is 12.1 Å². The van der Waals surface area contributed by atoms with Crippen molar-refractivity contribution in [1.29, 1.82) is 0 Å². The van der Waals surface area contributed by atoms with E-state index in [9.17, 15) is 4.79 Å². The molecule has 0 radical (unpaired) electrons. The van der Waals surface area contributed by atoms with Gasteiger partial charge in [0.25, 0.3) is 0 Å². The van der Waals surface area contributed by atoms with Crippen molar-refractivity contribution in [2.45, 2.75) is 19.9 Å². The first-order valence-electron chi connectivity index (χ1n) is 5.62. The van der Waals surface area contributed by atoms with Gasteiger partial charge in [-0.2, -0.15) is 0 Å². The molecule has 2 N–H and O–H groups in total. The van der Waals surface area contributed by atoms with E-state index in [-0.39, 0.29) is 6.03 Å². The van der Waals surface area contributed by atoms with E-state index in [2.05, 4.69) is 10.6 Å². The predicted molar refractivity (Wildman–Crippen MR) is 73.5 cm³/mol. The Morgan fingerprint density at radius 1 is 1.28 bits per heavy atom. The molecule has 0 aliphatic rings. The van der Waals surface area contributed by atoms with E-state index < -0.39 is 0 Å². The predicted octanol–water partition coefficient (Wildman–Crippen LogP) is 3.21. The monoisotopic (exact) mass is 290 g/mol. The number of amides is 2. The van der Waals surface area contributed by atoms with Crippen LogP contribution < -0.4 is 15.4 Å². The van der Waals surface area contributed by atoms with Crippen LogP contribution in [0.3, 0.4) is 0 Å². The van der Waals surface area contributed by atoms with Crippen LogP contribution in [0.4, 0.5) is 4.79 Å².